The molecule has 0 spiro atoms. The molecule has 210 valence electrons. The second-order valence-corrected chi connectivity index (χ2v) is 11.1. The van der Waals surface area contributed by atoms with Gasteiger partial charge in [0.2, 0.25) is 6.79 Å². The van der Waals surface area contributed by atoms with Gasteiger partial charge in [-0.05, 0) is 123 Å². The molecule has 0 unspecified atom stereocenters. The first-order valence-corrected chi connectivity index (χ1v) is 14.8. The molecule has 0 saturated carbocycles. The van der Waals surface area contributed by atoms with Gasteiger partial charge in [0, 0.05) is 13.1 Å². The molecule has 1 N–H and O–H groups in total. The number of fused-ring (bicyclic) bond motifs is 1. The van der Waals surface area contributed by atoms with E-state index in [0.717, 1.165) is 59.0 Å². The van der Waals surface area contributed by atoms with Gasteiger partial charge in [-0.1, -0.05) is 37.3 Å². The Morgan fingerprint density at radius 1 is 0.750 bits per heavy atom. The fourth-order valence-corrected chi connectivity index (χ4v) is 6.28. The largest absolute Gasteiger partial charge is 0.508 e. The van der Waals surface area contributed by atoms with Crippen molar-refractivity contribution in [1.82, 2.24) is 9.80 Å². The minimum absolute atomic E-state index is 0.161. The SMILES string of the molecule is CCC(=C(c1ccc(O)cc1)c1ccc(OC(CN2CCCC2)CN2CCCC2)cc1)c1ccc2c(c1)OCO2. The lowest BCUT2D eigenvalue weighted by Crippen LogP contribution is -2.41. The first-order valence-electron chi connectivity index (χ1n) is 14.8. The Balaban J connectivity index is 1.30. The van der Waals surface area contributed by atoms with Crippen LogP contribution in [0.5, 0.6) is 23.0 Å². The number of hydrogen-bond acceptors (Lipinski definition) is 6. The molecule has 0 atom stereocenters. The Bertz CT molecular complexity index is 1290. The molecule has 0 aliphatic carbocycles. The van der Waals surface area contributed by atoms with Crippen LogP contribution in [0.1, 0.15) is 55.7 Å². The fourth-order valence-electron chi connectivity index (χ4n) is 6.28. The van der Waals surface area contributed by atoms with Gasteiger partial charge in [-0.3, -0.25) is 9.80 Å². The maximum Gasteiger partial charge on any atom is 0.231 e. The molecular weight excluding hydrogens is 500 g/mol. The Kier molecular flexibility index (Phi) is 8.26. The summed E-state index contributed by atoms with van der Waals surface area (Å²) in [4.78, 5) is 5.11. The quantitative estimate of drug-likeness (QED) is 0.299. The molecule has 6 rings (SSSR count). The minimum atomic E-state index is 0.161. The number of phenolic OH excluding ortho intramolecular Hbond substituents is 1. The third-order valence-corrected chi connectivity index (χ3v) is 8.30. The molecule has 3 heterocycles. The van der Waals surface area contributed by atoms with Gasteiger partial charge in [-0.15, -0.1) is 0 Å². The van der Waals surface area contributed by atoms with Crippen molar-refractivity contribution in [1.29, 1.82) is 0 Å². The van der Waals surface area contributed by atoms with Gasteiger partial charge < -0.3 is 19.3 Å². The van der Waals surface area contributed by atoms with E-state index in [-0.39, 0.29) is 18.6 Å². The molecule has 6 nitrogen and oxygen atoms in total. The van der Waals surface area contributed by atoms with Crippen LogP contribution >= 0.6 is 0 Å². The van der Waals surface area contributed by atoms with E-state index in [9.17, 15) is 5.11 Å². The summed E-state index contributed by atoms with van der Waals surface area (Å²) in [6.07, 6.45) is 6.17. The van der Waals surface area contributed by atoms with E-state index in [1.165, 1.54) is 57.4 Å². The maximum absolute atomic E-state index is 9.98. The highest BCUT2D eigenvalue weighted by atomic mass is 16.7. The summed E-state index contributed by atoms with van der Waals surface area (Å²) in [6.45, 7) is 9.13. The molecule has 0 aromatic heterocycles. The van der Waals surface area contributed by atoms with Crippen molar-refractivity contribution in [2.24, 2.45) is 0 Å². The van der Waals surface area contributed by atoms with Crippen molar-refractivity contribution in [3.63, 3.8) is 0 Å². The number of allylic oxidation sites excluding steroid dienone is 1. The summed E-state index contributed by atoms with van der Waals surface area (Å²) in [5, 5.41) is 9.98. The van der Waals surface area contributed by atoms with Crippen molar-refractivity contribution >= 4 is 11.1 Å². The first kappa shape index (κ1) is 26.7. The highest BCUT2D eigenvalue weighted by Gasteiger charge is 2.24. The van der Waals surface area contributed by atoms with E-state index < -0.39 is 0 Å². The van der Waals surface area contributed by atoms with Crippen LogP contribution in [0, 0.1) is 0 Å². The molecule has 40 heavy (non-hydrogen) atoms. The van der Waals surface area contributed by atoms with Crippen LogP contribution in [0.25, 0.3) is 11.1 Å². The molecule has 2 fully saturated rings. The summed E-state index contributed by atoms with van der Waals surface area (Å²) >= 11 is 0. The molecular formula is C34H40N2O4. The van der Waals surface area contributed by atoms with Gasteiger partial charge in [0.25, 0.3) is 0 Å². The lowest BCUT2D eigenvalue weighted by Gasteiger charge is -2.28. The molecule has 0 amide bonds. The summed E-state index contributed by atoms with van der Waals surface area (Å²) in [7, 11) is 0. The number of phenols is 1. The van der Waals surface area contributed by atoms with Gasteiger partial charge in [0.1, 0.15) is 17.6 Å². The summed E-state index contributed by atoms with van der Waals surface area (Å²) in [6, 6.07) is 22.2. The van der Waals surface area contributed by atoms with Crippen molar-refractivity contribution in [3.05, 3.63) is 83.4 Å². The minimum Gasteiger partial charge on any atom is -0.508 e. The van der Waals surface area contributed by atoms with Crippen LogP contribution in [0.3, 0.4) is 0 Å². The molecule has 3 aliphatic heterocycles. The average Bonchev–Trinajstić information content (AvgIpc) is 3.76. The van der Waals surface area contributed by atoms with E-state index >= 15 is 0 Å². The lowest BCUT2D eigenvalue weighted by atomic mass is 9.88. The molecule has 0 bridgehead atoms. The van der Waals surface area contributed by atoms with Crippen LogP contribution < -0.4 is 14.2 Å². The molecule has 3 aromatic carbocycles. The van der Waals surface area contributed by atoms with E-state index in [4.69, 9.17) is 14.2 Å². The van der Waals surface area contributed by atoms with E-state index in [1.807, 2.05) is 18.2 Å². The van der Waals surface area contributed by atoms with Crippen LogP contribution in [0.2, 0.25) is 0 Å². The van der Waals surface area contributed by atoms with Crippen molar-refractivity contribution in [2.45, 2.75) is 45.1 Å². The van der Waals surface area contributed by atoms with Crippen molar-refractivity contribution < 1.29 is 19.3 Å². The van der Waals surface area contributed by atoms with Gasteiger partial charge in [-0.2, -0.15) is 0 Å². The number of benzene rings is 3. The fraction of sp³-hybridized carbons (Fsp3) is 0.412. The molecule has 3 aromatic rings. The molecule has 3 aliphatic rings. The predicted molar refractivity (Wildman–Crippen MR) is 159 cm³/mol. The number of nitrogens with zero attached hydrogens (tertiary/aromatic N) is 2. The Hall–Kier alpha value is -3.48. The standard InChI is InChI=1S/C34H40N2O4/c1-2-31(27-11-16-32-33(21-27)39-24-38-32)34(25-7-12-28(37)13-8-25)26-9-14-29(15-10-26)40-30(22-35-17-3-4-18-35)23-36-19-5-6-20-36/h7-16,21,30,37H,2-6,17-20,22-24H2,1H3. The third kappa shape index (κ3) is 6.13. The lowest BCUT2D eigenvalue weighted by molar-refractivity contribution is 0.109. The Morgan fingerprint density at radius 3 is 1.90 bits per heavy atom. The normalized spacial score (nSPS) is 17.9. The van der Waals surface area contributed by atoms with Crippen LogP contribution in [-0.2, 0) is 0 Å². The van der Waals surface area contributed by atoms with E-state index in [1.54, 1.807) is 12.1 Å². The summed E-state index contributed by atoms with van der Waals surface area (Å²) in [5.74, 6) is 2.73. The third-order valence-electron chi connectivity index (χ3n) is 8.30. The highest BCUT2D eigenvalue weighted by Crippen LogP contribution is 2.40. The zero-order valence-electron chi connectivity index (χ0n) is 23.5. The smallest absolute Gasteiger partial charge is 0.231 e. The highest BCUT2D eigenvalue weighted by molar-refractivity contribution is 5.99. The first-order chi connectivity index (χ1) is 19.7. The van der Waals surface area contributed by atoms with Gasteiger partial charge >= 0.3 is 0 Å². The molecule has 2 saturated heterocycles. The number of hydrogen-bond donors (Lipinski definition) is 1. The second kappa shape index (κ2) is 12.4. The summed E-state index contributed by atoms with van der Waals surface area (Å²) in [5.41, 5.74) is 5.62. The number of aromatic hydroxyl groups is 1. The zero-order chi connectivity index (χ0) is 27.3. The van der Waals surface area contributed by atoms with Gasteiger partial charge in [0.15, 0.2) is 11.5 Å². The maximum atomic E-state index is 9.98. The van der Waals surface area contributed by atoms with Gasteiger partial charge in [-0.25, -0.2) is 0 Å². The van der Waals surface area contributed by atoms with E-state index in [2.05, 4.69) is 53.1 Å². The number of rotatable bonds is 10. The van der Waals surface area contributed by atoms with Crippen molar-refractivity contribution in [3.8, 4) is 23.0 Å². The zero-order valence-corrected chi connectivity index (χ0v) is 23.5. The topological polar surface area (TPSA) is 54.4 Å². The van der Waals surface area contributed by atoms with E-state index in [0.29, 0.717) is 0 Å². The molecule has 0 radical (unpaired) electrons. The molecule has 6 heteroatoms. The van der Waals surface area contributed by atoms with Crippen LogP contribution in [-0.4, -0.2) is 67.1 Å². The predicted octanol–water partition coefficient (Wildman–Crippen LogP) is 6.43. The van der Waals surface area contributed by atoms with Crippen LogP contribution in [0.15, 0.2) is 66.7 Å². The van der Waals surface area contributed by atoms with Gasteiger partial charge in [0.05, 0.1) is 0 Å². The second-order valence-electron chi connectivity index (χ2n) is 11.1. The Morgan fingerprint density at radius 2 is 1.30 bits per heavy atom. The van der Waals surface area contributed by atoms with Crippen molar-refractivity contribution in [2.75, 3.05) is 46.1 Å². The Labute approximate surface area is 237 Å². The monoisotopic (exact) mass is 540 g/mol. The number of ether oxygens (including phenoxy) is 3. The average molecular weight is 541 g/mol. The van der Waals surface area contributed by atoms with Crippen LogP contribution in [0.4, 0.5) is 0 Å². The summed E-state index contributed by atoms with van der Waals surface area (Å²) < 4.78 is 17.9. The number of likely N-dealkylation sites (tertiary alicyclic amines) is 2.